The Labute approximate surface area is 113 Å². The van der Waals surface area contributed by atoms with Crippen LogP contribution < -0.4 is 10.5 Å². The molecule has 5 nitrogen and oxygen atoms in total. The van der Waals surface area contributed by atoms with Gasteiger partial charge in [0.25, 0.3) is 0 Å². The highest BCUT2D eigenvalue weighted by molar-refractivity contribution is 5.59. The second-order valence-electron chi connectivity index (χ2n) is 4.30. The van der Waals surface area contributed by atoms with E-state index in [2.05, 4.69) is 10.3 Å². The molecule has 0 aliphatic carbocycles. The molecule has 0 amide bonds. The van der Waals surface area contributed by atoms with Gasteiger partial charge in [0.05, 0.1) is 18.5 Å². The normalized spacial score (nSPS) is 10.6. The summed E-state index contributed by atoms with van der Waals surface area (Å²) in [7, 11) is 0. The number of ether oxygens (including phenoxy) is 1. The number of rotatable bonds is 7. The zero-order valence-corrected chi connectivity index (χ0v) is 11.2. The maximum atomic E-state index is 5.50. The first kappa shape index (κ1) is 13.5. The van der Waals surface area contributed by atoms with Gasteiger partial charge in [0.15, 0.2) is 0 Å². The predicted octanol–water partition coefficient (Wildman–Crippen LogP) is 2.08. The number of nitrogens with zero attached hydrogens (tertiary/aromatic N) is 3. The summed E-state index contributed by atoms with van der Waals surface area (Å²) in [5, 5.41) is 8.10. The van der Waals surface area contributed by atoms with Crippen LogP contribution in [0.25, 0.3) is 11.3 Å². The molecule has 2 rings (SSSR count). The molecule has 0 unspecified atom stereocenters. The minimum Gasteiger partial charge on any atom is -0.494 e. The van der Waals surface area contributed by atoms with Crippen molar-refractivity contribution >= 4 is 0 Å². The van der Waals surface area contributed by atoms with Crippen LogP contribution >= 0.6 is 0 Å². The van der Waals surface area contributed by atoms with Gasteiger partial charge in [-0.3, -0.25) is 0 Å². The highest BCUT2D eigenvalue weighted by Gasteiger charge is 2.06. The van der Waals surface area contributed by atoms with Crippen LogP contribution in [0.3, 0.4) is 0 Å². The second-order valence-corrected chi connectivity index (χ2v) is 4.30. The molecule has 0 aliphatic heterocycles. The van der Waals surface area contributed by atoms with Gasteiger partial charge < -0.3 is 10.5 Å². The predicted molar refractivity (Wildman–Crippen MR) is 74.9 cm³/mol. The molecule has 19 heavy (non-hydrogen) atoms. The summed E-state index contributed by atoms with van der Waals surface area (Å²) >= 11 is 0. The maximum absolute atomic E-state index is 5.50. The molecule has 1 aromatic carbocycles. The van der Waals surface area contributed by atoms with Crippen molar-refractivity contribution < 1.29 is 4.74 Å². The molecular weight excluding hydrogens is 240 g/mol. The van der Waals surface area contributed by atoms with Gasteiger partial charge in [0.2, 0.25) is 0 Å². The molecule has 0 saturated carbocycles. The first-order valence-corrected chi connectivity index (χ1v) is 6.67. The first-order chi connectivity index (χ1) is 9.35. The Morgan fingerprint density at radius 1 is 1.21 bits per heavy atom. The number of benzene rings is 1. The average Bonchev–Trinajstić information content (AvgIpc) is 2.89. The van der Waals surface area contributed by atoms with Crippen molar-refractivity contribution in [3.63, 3.8) is 0 Å². The third-order valence-corrected chi connectivity index (χ3v) is 2.90. The van der Waals surface area contributed by atoms with E-state index in [-0.39, 0.29) is 0 Å². The highest BCUT2D eigenvalue weighted by Crippen LogP contribution is 2.21. The monoisotopic (exact) mass is 260 g/mol. The molecule has 2 aromatic rings. The third-order valence-electron chi connectivity index (χ3n) is 2.90. The van der Waals surface area contributed by atoms with Gasteiger partial charge in [0.1, 0.15) is 5.75 Å². The van der Waals surface area contributed by atoms with Crippen molar-refractivity contribution in [1.82, 2.24) is 15.0 Å². The van der Waals surface area contributed by atoms with Crippen LogP contribution in [0, 0.1) is 0 Å². The van der Waals surface area contributed by atoms with E-state index in [1.54, 1.807) is 6.20 Å². The van der Waals surface area contributed by atoms with Crippen molar-refractivity contribution in [1.29, 1.82) is 0 Å². The van der Waals surface area contributed by atoms with Gasteiger partial charge >= 0.3 is 0 Å². The molecule has 1 heterocycles. The van der Waals surface area contributed by atoms with Crippen molar-refractivity contribution in [2.24, 2.45) is 5.73 Å². The lowest BCUT2D eigenvalue weighted by atomic mass is 10.1. The number of nitrogens with two attached hydrogens (primary N) is 1. The summed E-state index contributed by atoms with van der Waals surface area (Å²) in [4.78, 5) is 0. The molecule has 2 N–H and O–H groups in total. The molecule has 0 radical (unpaired) electrons. The molecule has 0 saturated heterocycles. The van der Waals surface area contributed by atoms with Gasteiger partial charge in [-0.15, -0.1) is 5.10 Å². The van der Waals surface area contributed by atoms with Crippen LogP contribution in [0.1, 0.15) is 19.8 Å². The Kier molecular flexibility index (Phi) is 4.92. The summed E-state index contributed by atoms with van der Waals surface area (Å²) in [5.41, 5.74) is 7.63. The maximum Gasteiger partial charge on any atom is 0.119 e. The lowest BCUT2D eigenvalue weighted by Crippen LogP contribution is -2.06. The van der Waals surface area contributed by atoms with Crippen molar-refractivity contribution in [3.05, 3.63) is 30.5 Å². The van der Waals surface area contributed by atoms with Gasteiger partial charge in [-0.2, -0.15) is 0 Å². The molecule has 0 aliphatic rings. The van der Waals surface area contributed by atoms with E-state index < -0.39 is 0 Å². The number of aromatic nitrogens is 3. The largest absolute Gasteiger partial charge is 0.494 e. The van der Waals surface area contributed by atoms with Crippen LogP contribution in [-0.2, 0) is 6.54 Å². The highest BCUT2D eigenvalue weighted by atomic mass is 16.5. The van der Waals surface area contributed by atoms with E-state index in [9.17, 15) is 0 Å². The summed E-state index contributed by atoms with van der Waals surface area (Å²) in [5.74, 6) is 0.883. The Balaban J connectivity index is 2.10. The Morgan fingerprint density at radius 2 is 2.00 bits per heavy atom. The first-order valence-electron chi connectivity index (χ1n) is 6.67. The molecule has 1 aromatic heterocycles. The van der Waals surface area contributed by atoms with E-state index in [1.165, 1.54) is 0 Å². The Morgan fingerprint density at radius 3 is 2.68 bits per heavy atom. The van der Waals surface area contributed by atoms with Gasteiger partial charge in [-0.1, -0.05) is 5.21 Å². The van der Waals surface area contributed by atoms with Crippen molar-refractivity contribution in [3.8, 4) is 17.0 Å². The van der Waals surface area contributed by atoms with E-state index in [4.69, 9.17) is 10.5 Å². The molecule has 5 heteroatoms. The van der Waals surface area contributed by atoms with E-state index in [0.717, 1.165) is 36.4 Å². The van der Waals surface area contributed by atoms with Crippen LogP contribution in [0.2, 0.25) is 0 Å². The summed E-state index contributed by atoms with van der Waals surface area (Å²) in [6.07, 6.45) is 3.81. The van der Waals surface area contributed by atoms with Crippen LogP contribution in [0.15, 0.2) is 30.5 Å². The Bertz CT molecular complexity index is 492. The zero-order valence-electron chi connectivity index (χ0n) is 11.2. The van der Waals surface area contributed by atoms with E-state index >= 15 is 0 Å². The topological polar surface area (TPSA) is 66.0 Å². The fourth-order valence-corrected chi connectivity index (χ4v) is 1.94. The van der Waals surface area contributed by atoms with Crippen molar-refractivity contribution in [2.45, 2.75) is 26.3 Å². The number of unbranched alkanes of at least 4 members (excludes halogenated alkanes) is 1. The number of hydrogen-bond acceptors (Lipinski definition) is 4. The van der Waals surface area contributed by atoms with Gasteiger partial charge in [-0.05, 0) is 50.6 Å². The third kappa shape index (κ3) is 3.54. The minimum absolute atomic E-state index is 0.678. The number of aryl methyl sites for hydroxylation is 1. The molecule has 0 fully saturated rings. The molecule has 0 bridgehead atoms. The molecule has 102 valence electrons. The minimum atomic E-state index is 0.678. The Hall–Kier alpha value is -1.88. The molecule has 0 spiro atoms. The summed E-state index contributed by atoms with van der Waals surface area (Å²) in [6, 6.07) is 8.00. The van der Waals surface area contributed by atoms with Gasteiger partial charge in [0, 0.05) is 12.1 Å². The number of hydrogen-bond donors (Lipinski definition) is 1. The SMILES string of the molecule is CCOc1ccc(-c2cnnn2CCCCN)cc1. The van der Waals surface area contributed by atoms with Crippen LogP contribution in [-0.4, -0.2) is 28.1 Å². The summed E-state index contributed by atoms with van der Waals surface area (Å²) < 4.78 is 7.36. The fourth-order valence-electron chi connectivity index (χ4n) is 1.94. The fraction of sp³-hybridized carbons (Fsp3) is 0.429. The van der Waals surface area contributed by atoms with Crippen LogP contribution in [0.4, 0.5) is 0 Å². The van der Waals surface area contributed by atoms with Gasteiger partial charge in [-0.25, -0.2) is 4.68 Å². The molecular formula is C14H20N4O. The average molecular weight is 260 g/mol. The lowest BCUT2D eigenvalue weighted by Gasteiger charge is -2.07. The second kappa shape index (κ2) is 6.89. The molecule has 0 atom stereocenters. The standard InChI is InChI=1S/C14H20N4O/c1-2-19-13-7-5-12(6-8-13)14-11-16-17-18(14)10-4-3-9-15/h5-8,11H,2-4,9-10,15H2,1H3. The van der Waals surface area contributed by atoms with Crippen molar-refractivity contribution in [2.75, 3.05) is 13.2 Å². The van der Waals surface area contributed by atoms with E-state index in [1.807, 2.05) is 35.9 Å². The summed E-state index contributed by atoms with van der Waals surface area (Å²) in [6.45, 7) is 4.22. The smallest absolute Gasteiger partial charge is 0.119 e. The zero-order chi connectivity index (χ0) is 13.5. The van der Waals surface area contributed by atoms with Crippen LogP contribution in [0.5, 0.6) is 5.75 Å². The quantitative estimate of drug-likeness (QED) is 0.774. The lowest BCUT2D eigenvalue weighted by molar-refractivity contribution is 0.340. The van der Waals surface area contributed by atoms with E-state index in [0.29, 0.717) is 13.2 Å².